The molecule has 0 saturated heterocycles. The first-order valence-electron chi connectivity index (χ1n) is 5.88. The molecule has 6 nitrogen and oxygen atoms in total. The van der Waals surface area contributed by atoms with Crippen molar-refractivity contribution < 1.29 is 17.3 Å². The van der Waals surface area contributed by atoms with Crippen LogP contribution in [0.2, 0.25) is 0 Å². The number of hydrogen-bond donors (Lipinski definition) is 2. The zero-order chi connectivity index (χ0) is 15.8. The Balaban J connectivity index is 2.32. The summed E-state index contributed by atoms with van der Waals surface area (Å²) in [5.74, 6) is -0.389. The molecule has 1 aromatic carbocycles. The number of benzene rings is 1. The van der Waals surface area contributed by atoms with Gasteiger partial charge >= 0.3 is 0 Å². The molecular weight excluding hydrogens is 365 g/mol. The van der Waals surface area contributed by atoms with Gasteiger partial charge in [-0.15, -0.1) is 0 Å². The van der Waals surface area contributed by atoms with Crippen molar-refractivity contribution in [2.24, 2.45) is 0 Å². The number of rotatable bonds is 4. The fourth-order valence-corrected chi connectivity index (χ4v) is 3.51. The highest BCUT2D eigenvalue weighted by molar-refractivity contribution is 9.10. The summed E-state index contributed by atoms with van der Waals surface area (Å²) in [6.07, 6.45) is 0. The minimum absolute atomic E-state index is 0.0137. The molecular formula is C12H13BrFN3O3S. The Labute approximate surface area is 129 Å². The molecule has 0 bridgehead atoms. The van der Waals surface area contributed by atoms with Gasteiger partial charge in [0.05, 0.1) is 10.2 Å². The Kier molecular flexibility index (Phi) is 4.35. The summed E-state index contributed by atoms with van der Waals surface area (Å²) < 4.78 is 45.6. The SMILES string of the molecule is Cc1noc(C)c1CNS(=O)(=O)c1cc(N)cc(Br)c1F. The number of aromatic nitrogens is 1. The second-order valence-corrected chi connectivity index (χ2v) is 7.03. The van der Waals surface area contributed by atoms with Crippen LogP contribution < -0.4 is 10.5 Å². The Morgan fingerprint density at radius 2 is 2.10 bits per heavy atom. The standard InChI is InChI=1S/C12H13BrFN3O3S/c1-6-9(7(2)20-17-6)5-16-21(18,19)11-4-8(15)3-10(13)12(11)14/h3-4,16H,5,15H2,1-2H3. The van der Waals surface area contributed by atoms with Gasteiger partial charge in [-0.25, -0.2) is 17.5 Å². The van der Waals surface area contributed by atoms with Crippen molar-refractivity contribution in [1.29, 1.82) is 0 Å². The van der Waals surface area contributed by atoms with Crippen molar-refractivity contribution in [3.8, 4) is 0 Å². The zero-order valence-electron chi connectivity index (χ0n) is 11.3. The number of halogens is 2. The van der Waals surface area contributed by atoms with Crippen LogP contribution in [0.3, 0.4) is 0 Å². The smallest absolute Gasteiger partial charge is 0.243 e. The molecule has 3 N–H and O–H groups in total. The number of hydrogen-bond acceptors (Lipinski definition) is 5. The topological polar surface area (TPSA) is 98.2 Å². The summed E-state index contributed by atoms with van der Waals surface area (Å²) >= 11 is 2.93. The lowest BCUT2D eigenvalue weighted by Gasteiger charge is -2.09. The van der Waals surface area contributed by atoms with Crippen LogP contribution in [0.25, 0.3) is 0 Å². The second-order valence-electron chi connectivity index (χ2n) is 4.44. The summed E-state index contributed by atoms with van der Waals surface area (Å²) in [6.45, 7) is 3.31. The summed E-state index contributed by atoms with van der Waals surface area (Å²) in [5, 5.41) is 3.72. The van der Waals surface area contributed by atoms with Crippen molar-refractivity contribution in [2.75, 3.05) is 5.73 Å². The third kappa shape index (κ3) is 3.25. The molecule has 0 atom stereocenters. The highest BCUT2D eigenvalue weighted by Crippen LogP contribution is 2.26. The van der Waals surface area contributed by atoms with Crippen LogP contribution in [-0.4, -0.2) is 13.6 Å². The number of nitrogens with one attached hydrogen (secondary N) is 1. The number of sulfonamides is 1. The molecule has 2 rings (SSSR count). The van der Waals surface area contributed by atoms with Crippen molar-refractivity contribution in [1.82, 2.24) is 9.88 Å². The van der Waals surface area contributed by atoms with Crippen LogP contribution in [-0.2, 0) is 16.6 Å². The number of nitrogens with two attached hydrogens (primary N) is 1. The van der Waals surface area contributed by atoms with Crippen molar-refractivity contribution >= 4 is 31.6 Å². The molecule has 114 valence electrons. The first-order valence-corrected chi connectivity index (χ1v) is 8.16. The molecule has 0 aliphatic rings. The van der Waals surface area contributed by atoms with Gasteiger partial charge in [0.1, 0.15) is 10.7 Å². The van der Waals surface area contributed by atoms with Crippen LogP contribution in [0.5, 0.6) is 0 Å². The van der Waals surface area contributed by atoms with Gasteiger partial charge in [0.25, 0.3) is 0 Å². The van der Waals surface area contributed by atoms with E-state index >= 15 is 0 Å². The molecule has 0 aliphatic carbocycles. The minimum Gasteiger partial charge on any atom is -0.399 e. The lowest BCUT2D eigenvalue weighted by atomic mass is 10.2. The van der Waals surface area contributed by atoms with Gasteiger partial charge in [-0.05, 0) is 41.9 Å². The van der Waals surface area contributed by atoms with E-state index in [4.69, 9.17) is 10.3 Å². The number of nitrogen functional groups attached to an aromatic ring is 1. The molecule has 1 heterocycles. The summed E-state index contributed by atoms with van der Waals surface area (Å²) in [7, 11) is -4.05. The van der Waals surface area contributed by atoms with Crippen LogP contribution in [0, 0.1) is 19.7 Å². The maximum Gasteiger partial charge on any atom is 0.243 e. The van der Waals surface area contributed by atoms with Crippen LogP contribution in [0.4, 0.5) is 10.1 Å². The van der Waals surface area contributed by atoms with Crippen molar-refractivity contribution in [3.05, 3.63) is 39.4 Å². The second kappa shape index (κ2) is 5.74. The predicted molar refractivity (Wildman–Crippen MR) is 78.5 cm³/mol. The predicted octanol–water partition coefficient (Wildman–Crippen LogP) is 2.25. The quantitative estimate of drug-likeness (QED) is 0.796. The van der Waals surface area contributed by atoms with E-state index in [2.05, 4.69) is 25.8 Å². The Morgan fingerprint density at radius 3 is 2.67 bits per heavy atom. The normalized spacial score (nSPS) is 11.8. The largest absolute Gasteiger partial charge is 0.399 e. The molecule has 0 radical (unpaired) electrons. The fourth-order valence-electron chi connectivity index (χ4n) is 1.78. The lowest BCUT2D eigenvalue weighted by Crippen LogP contribution is -2.25. The van der Waals surface area contributed by atoms with Gasteiger partial charge in [0.15, 0.2) is 5.82 Å². The van der Waals surface area contributed by atoms with Crippen LogP contribution >= 0.6 is 15.9 Å². The molecule has 0 aliphatic heterocycles. The van der Waals surface area contributed by atoms with Gasteiger partial charge in [-0.1, -0.05) is 5.16 Å². The third-order valence-electron chi connectivity index (χ3n) is 2.93. The van der Waals surface area contributed by atoms with Gasteiger partial charge in [-0.3, -0.25) is 0 Å². The van der Waals surface area contributed by atoms with Crippen molar-refractivity contribution in [3.63, 3.8) is 0 Å². The average molecular weight is 378 g/mol. The highest BCUT2D eigenvalue weighted by Gasteiger charge is 2.22. The Bertz CT molecular complexity index is 770. The van der Waals surface area contributed by atoms with E-state index in [1.807, 2.05) is 0 Å². The van der Waals surface area contributed by atoms with E-state index in [-0.39, 0.29) is 16.7 Å². The Hall–Kier alpha value is -1.45. The lowest BCUT2D eigenvalue weighted by molar-refractivity contribution is 0.392. The first-order chi connectivity index (χ1) is 9.72. The van der Waals surface area contributed by atoms with E-state index in [1.165, 1.54) is 6.07 Å². The van der Waals surface area contributed by atoms with E-state index < -0.39 is 20.7 Å². The summed E-state index contributed by atoms with van der Waals surface area (Å²) in [6, 6.07) is 2.36. The molecule has 9 heteroatoms. The van der Waals surface area contributed by atoms with E-state index in [0.29, 0.717) is 17.0 Å². The molecule has 0 fully saturated rings. The third-order valence-corrected chi connectivity index (χ3v) is 4.90. The van der Waals surface area contributed by atoms with Gasteiger partial charge in [0, 0.05) is 17.8 Å². The summed E-state index contributed by atoms with van der Waals surface area (Å²) in [4.78, 5) is -0.513. The maximum absolute atomic E-state index is 13.9. The van der Waals surface area contributed by atoms with Gasteiger partial charge < -0.3 is 10.3 Å². The molecule has 0 amide bonds. The van der Waals surface area contributed by atoms with E-state index in [9.17, 15) is 12.8 Å². The molecule has 1 aromatic heterocycles. The summed E-state index contributed by atoms with van der Waals surface area (Å²) in [5.41, 5.74) is 6.88. The van der Waals surface area contributed by atoms with E-state index in [1.54, 1.807) is 13.8 Å². The number of aryl methyl sites for hydroxylation is 2. The maximum atomic E-state index is 13.9. The minimum atomic E-state index is -4.05. The molecule has 0 spiro atoms. The monoisotopic (exact) mass is 377 g/mol. The van der Waals surface area contributed by atoms with Crippen molar-refractivity contribution in [2.45, 2.75) is 25.3 Å². The van der Waals surface area contributed by atoms with Gasteiger partial charge in [-0.2, -0.15) is 0 Å². The van der Waals surface area contributed by atoms with Crippen LogP contribution in [0.1, 0.15) is 17.0 Å². The average Bonchev–Trinajstić information content (AvgIpc) is 2.71. The molecule has 21 heavy (non-hydrogen) atoms. The zero-order valence-corrected chi connectivity index (χ0v) is 13.7. The highest BCUT2D eigenvalue weighted by atomic mass is 79.9. The number of anilines is 1. The van der Waals surface area contributed by atoms with Gasteiger partial charge in [0.2, 0.25) is 10.0 Å². The first kappa shape index (κ1) is 15.9. The molecule has 0 saturated carbocycles. The molecule has 2 aromatic rings. The van der Waals surface area contributed by atoms with E-state index in [0.717, 1.165) is 6.07 Å². The van der Waals surface area contributed by atoms with Crippen LogP contribution in [0.15, 0.2) is 26.0 Å². The number of nitrogens with zero attached hydrogens (tertiary/aromatic N) is 1. The fraction of sp³-hybridized carbons (Fsp3) is 0.250. The Morgan fingerprint density at radius 1 is 1.43 bits per heavy atom. The molecule has 0 unspecified atom stereocenters.